The highest BCUT2D eigenvalue weighted by atomic mass is 19.1. The molecule has 0 radical (unpaired) electrons. The molecule has 1 saturated heterocycles. The lowest BCUT2D eigenvalue weighted by Gasteiger charge is -2.34. The number of aryl methyl sites for hydroxylation is 1. The van der Waals surface area contributed by atoms with Gasteiger partial charge in [-0.2, -0.15) is 0 Å². The van der Waals surface area contributed by atoms with Crippen molar-refractivity contribution >= 4 is 11.6 Å². The Morgan fingerprint density at radius 2 is 2.04 bits per heavy atom. The molecule has 1 fully saturated rings. The summed E-state index contributed by atoms with van der Waals surface area (Å²) in [6.07, 6.45) is 4.05. The van der Waals surface area contributed by atoms with Crippen molar-refractivity contribution in [3.63, 3.8) is 0 Å². The van der Waals surface area contributed by atoms with Gasteiger partial charge in [-0.15, -0.1) is 0 Å². The molecule has 0 saturated carbocycles. The Balaban J connectivity index is 1.80. The number of halogens is 1. The van der Waals surface area contributed by atoms with Crippen LogP contribution in [0.5, 0.6) is 0 Å². The number of hydrogen-bond donors (Lipinski definition) is 0. The van der Waals surface area contributed by atoms with E-state index in [1.54, 1.807) is 19.4 Å². The molecule has 1 aromatic heterocycles. The Hall–Kier alpha value is -2.21. The highest BCUT2D eigenvalue weighted by Gasteiger charge is 2.21. The number of methoxy groups -OCH3 is 1. The normalized spacial score (nSPS) is 15.4. The zero-order chi connectivity index (χ0) is 17.8. The maximum absolute atomic E-state index is 13.9. The standard InChI is InChI=1S/C19H25FN4O/c1-14-6-9-21-19(22-14)23(2)13-15-12-16(20)4-5-18(15)24-10-7-17(25-3)8-11-24/h4-6,9,12,17H,7-8,10-11,13H2,1-3H3. The first-order chi connectivity index (χ1) is 12.1. The first-order valence-electron chi connectivity index (χ1n) is 8.64. The van der Waals surface area contributed by atoms with Gasteiger partial charge in [0.25, 0.3) is 0 Å². The van der Waals surface area contributed by atoms with E-state index in [1.165, 1.54) is 6.07 Å². The molecule has 0 atom stereocenters. The quantitative estimate of drug-likeness (QED) is 0.833. The molecule has 1 aromatic carbocycles. The lowest BCUT2D eigenvalue weighted by molar-refractivity contribution is 0.0819. The van der Waals surface area contributed by atoms with Gasteiger partial charge in [0.1, 0.15) is 5.82 Å². The maximum atomic E-state index is 13.9. The van der Waals surface area contributed by atoms with E-state index in [-0.39, 0.29) is 5.82 Å². The van der Waals surface area contributed by atoms with E-state index < -0.39 is 0 Å². The van der Waals surface area contributed by atoms with Crippen molar-refractivity contribution in [1.29, 1.82) is 0 Å². The second kappa shape index (κ2) is 7.78. The van der Waals surface area contributed by atoms with E-state index >= 15 is 0 Å². The van der Waals surface area contributed by atoms with Crippen LogP contribution < -0.4 is 9.80 Å². The number of ether oxygens (including phenoxy) is 1. The van der Waals surface area contributed by atoms with E-state index in [9.17, 15) is 4.39 Å². The predicted molar refractivity (Wildman–Crippen MR) is 97.5 cm³/mol. The van der Waals surface area contributed by atoms with E-state index in [1.807, 2.05) is 31.0 Å². The van der Waals surface area contributed by atoms with Crippen molar-refractivity contribution < 1.29 is 9.13 Å². The molecule has 0 spiro atoms. The predicted octanol–water partition coefficient (Wildman–Crippen LogP) is 3.18. The average Bonchev–Trinajstić information content (AvgIpc) is 2.62. The molecule has 0 bridgehead atoms. The molecule has 2 aromatic rings. The summed E-state index contributed by atoms with van der Waals surface area (Å²) in [5.74, 6) is 0.428. The zero-order valence-electron chi connectivity index (χ0n) is 15.1. The second-order valence-electron chi connectivity index (χ2n) is 6.55. The molecule has 0 unspecified atom stereocenters. The lowest BCUT2D eigenvalue weighted by atomic mass is 10.0. The van der Waals surface area contributed by atoms with Crippen molar-refractivity contribution in [2.45, 2.75) is 32.4 Å². The van der Waals surface area contributed by atoms with Crippen LogP contribution in [0.3, 0.4) is 0 Å². The third kappa shape index (κ3) is 4.25. The molecule has 134 valence electrons. The molecule has 0 amide bonds. The third-order valence-corrected chi connectivity index (χ3v) is 4.69. The minimum Gasteiger partial charge on any atom is -0.381 e. The van der Waals surface area contributed by atoms with Crippen molar-refractivity contribution in [2.24, 2.45) is 0 Å². The van der Waals surface area contributed by atoms with Gasteiger partial charge in [0.15, 0.2) is 0 Å². The van der Waals surface area contributed by atoms with Gasteiger partial charge in [-0.3, -0.25) is 0 Å². The summed E-state index contributed by atoms with van der Waals surface area (Å²) in [5, 5.41) is 0. The van der Waals surface area contributed by atoms with Crippen molar-refractivity contribution in [1.82, 2.24) is 9.97 Å². The monoisotopic (exact) mass is 344 g/mol. The summed E-state index contributed by atoms with van der Waals surface area (Å²) in [7, 11) is 3.70. The number of hydrogen-bond acceptors (Lipinski definition) is 5. The smallest absolute Gasteiger partial charge is 0.225 e. The van der Waals surface area contributed by atoms with Crippen LogP contribution in [0.1, 0.15) is 24.1 Å². The molecule has 25 heavy (non-hydrogen) atoms. The fraction of sp³-hybridized carbons (Fsp3) is 0.474. The van der Waals surface area contributed by atoms with Gasteiger partial charge in [-0.1, -0.05) is 0 Å². The molecule has 0 aliphatic carbocycles. The van der Waals surface area contributed by atoms with Gasteiger partial charge >= 0.3 is 0 Å². The summed E-state index contributed by atoms with van der Waals surface area (Å²) in [4.78, 5) is 13.0. The molecule has 1 aliphatic heterocycles. The number of anilines is 2. The van der Waals surface area contributed by atoms with Crippen LogP contribution in [0.2, 0.25) is 0 Å². The van der Waals surface area contributed by atoms with Gasteiger partial charge in [-0.05, 0) is 49.6 Å². The van der Waals surface area contributed by atoms with Gasteiger partial charge in [0, 0.05) is 51.4 Å². The minimum atomic E-state index is -0.218. The minimum absolute atomic E-state index is 0.218. The van der Waals surface area contributed by atoms with Gasteiger partial charge < -0.3 is 14.5 Å². The van der Waals surface area contributed by atoms with Crippen molar-refractivity contribution in [3.05, 3.63) is 47.5 Å². The van der Waals surface area contributed by atoms with Gasteiger partial charge in [-0.25, -0.2) is 14.4 Å². The number of aromatic nitrogens is 2. The summed E-state index contributed by atoms with van der Waals surface area (Å²) < 4.78 is 19.3. The van der Waals surface area contributed by atoms with Crippen LogP contribution in [0.4, 0.5) is 16.0 Å². The maximum Gasteiger partial charge on any atom is 0.225 e. The molecular weight excluding hydrogens is 319 g/mol. The summed E-state index contributed by atoms with van der Waals surface area (Å²) in [6.45, 7) is 4.33. The van der Waals surface area contributed by atoms with Crippen LogP contribution in [0, 0.1) is 12.7 Å². The number of benzene rings is 1. The zero-order valence-corrected chi connectivity index (χ0v) is 15.1. The van der Waals surface area contributed by atoms with E-state index in [2.05, 4.69) is 14.9 Å². The Kier molecular flexibility index (Phi) is 5.48. The summed E-state index contributed by atoms with van der Waals surface area (Å²) in [5.41, 5.74) is 2.94. The highest BCUT2D eigenvalue weighted by Crippen LogP contribution is 2.27. The second-order valence-corrected chi connectivity index (χ2v) is 6.55. The SMILES string of the molecule is COC1CCN(c2ccc(F)cc2CN(C)c2nccc(C)n2)CC1. The Labute approximate surface area is 148 Å². The van der Waals surface area contributed by atoms with E-state index in [0.717, 1.165) is 42.9 Å². The van der Waals surface area contributed by atoms with Crippen LogP contribution in [0.25, 0.3) is 0 Å². The Bertz CT molecular complexity index is 716. The largest absolute Gasteiger partial charge is 0.381 e. The van der Waals surface area contributed by atoms with E-state index in [4.69, 9.17) is 4.74 Å². The van der Waals surface area contributed by atoms with Gasteiger partial charge in [0.05, 0.1) is 6.10 Å². The van der Waals surface area contributed by atoms with Crippen LogP contribution in [-0.2, 0) is 11.3 Å². The summed E-state index contributed by atoms with van der Waals surface area (Å²) >= 11 is 0. The fourth-order valence-corrected chi connectivity index (χ4v) is 3.27. The number of rotatable bonds is 5. The molecule has 2 heterocycles. The van der Waals surface area contributed by atoms with Crippen molar-refractivity contribution in [3.8, 4) is 0 Å². The number of piperidine rings is 1. The third-order valence-electron chi connectivity index (χ3n) is 4.69. The molecule has 5 nitrogen and oxygen atoms in total. The first kappa shape index (κ1) is 17.6. The molecule has 3 rings (SSSR count). The van der Waals surface area contributed by atoms with Crippen LogP contribution in [0.15, 0.2) is 30.5 Å². The average molecular weight is 344 g/mol. The first-order valence-corrected chi connectivity index (χ1v) is 8.64. The van der Waals surface area contributed by atoms with Crippen molar-refractivity contribution in [2.75, 3.05) is 37.0 Å². The highest BCUT2D eigenvalue weighted by molar-refractivity contribution is 5.55. The fourth-order valence-electron chi connectivity index (χ4n) is 3.27. The Morgan fingerprint density at radius 3 is 2.72 bits per heavy atom. The van der Waals surface area contributed by atoms with E-state index in [0.29, 0.717) is 18.6 Å². The summed E-state index contributed by atoms with van der Waals surface area (Å²) in [6, 6.07) is 6.89. The van der Waals surface area contributed by atoms with Gasteiger partial charge in [0.2, 0.25) is 5.95 Å². The molecule has 0 N–H and O–H groups in total. The molecule has 1 aliphatic rings. The van der Waals surface area contributed by atoms with Crippen LogP contribution in [-0.4, -0.2) is 43.3 Å². The molecular formula is C19H25FN4O. The Morgan fingerprint density at radius 1 is 1.28 bits per heavy atom. The topological polar surface area (TPSA) is 41.5 Å². The lowest BCUT2D eigenvalue weighted by Crippen LogP contribution is -2.37. The molecule has 6 heteroatoms. The van der Waals surface area contributed by atoms with Crippen LogP contribution >= 0.6 is 0 Å². The number of nitrogens with zero attached hydrogens (tertiary/aromatic N) is 4.